The molecule has 0 aromatic rings. The van der Waals surface area contributed by atoms with E-state index in [2.05, 4.69) is 0 Å². The van der Waals surface area contributed by atoms with E-state index in [1.54, 1.807) is 6.26 Å². The Morgan fingerprint density at radius 1 is 1.64 bits per heavy atom. The average Bonchev–Trinajstić information content (AvgIpc) is 2.34. The van der Waals surface area contributed by atoms with Crippen molar-refractivity contribution in [2.45, 2.75) is 31.0 Å². The molecular formula is C8H12FNO. The number of halogens is 1. The van der Waals surface area contributed by atoms with Gasteiger partial charge in [0.15, 0.2) is 0 Å². The number of hydrogen-bond acceptors (Lipinski definition) is 2. The van der Waals surface area contributed by atoms with Crippen molar-refractivity contribution in [2.75, 3.05) is 6.61 Å². The molecule has 0 radical (unpaired) electrons. The minimum atomic E-state index is -1.12. The van der Waals surface area contributed by atoms with E-state index >= 15 is 0 Å². The molecule has 0 unspecified atom stereocenters. The van der Waals surface area contributed by atoms with Crippen LogP contribution in [0.25, 0.3) is 0 Å². The summed E-state index contributed by atoms with van der Waals surface area (Å²) in [5.41, 5.74) is 5.20. The van der Waals surface area contributed by atoms with Crippen molar-refractivity contribution in [2.24, 2.45) is 5.73 Å². The number of rotatable bonds is 1. The van der Waals surface area contributed by atoms with Crippen LogP contribution in [-0.4, -0.2) is 18.3 Å². The van der Waals surface area contributed by atoms with Crippen molar-refractivity contribution >= 4 is 0 Å². The lowest BCUT2D eigenvalue weighted by molar-refractivity contribution is 0.0807. The zero-order chi connectivity index (χ0) is 7.90. The second kappa shape index (κ2) is 2.21. The van der Waals surface area contributed by atoms with Crippen LogP contribution in [0.15, 0.2) is 11.8 Å². The Morgan fingerprint density at radius 3 is 2.82 bits per heavy atom. The van der Waals surface area contributed by atoms with Crippen LogP contribution in [0.5, 0.6) is 0 Å². The van der Waals surface area contributed by atoms with Crippen molar-refractivity contribution in [3.05, 3.63) is 11.8 Å². The van der Waals surface area contributed by atoms with Gasteiger partial charge >= 0.3 is 0 Å². The molecule has 0 saturated heterocycles. The maximum atomic E-state index is 13.6. The van der Waals surface area contributed by atoms with E-state index < -0.39 is 5.67 Å². The normalized spacial score (nSPS) is 42.7. The van der Waals surface area contributed by atoms with Crippen molar-refractivity contribution in [1.82, 2.24) is 0 Å². The summed E-state index contributed by atoms with van der Waals surface area (Å²) in [5, 5.41) is 0. The Hall–Kier alpha value is -0.570. The van der Waals surface area contributed by atoms with Gasteiger partial charge in [-0.3, -0.25) is 0 Å². The van der Waals surface area contributed by atoms with Crippen molar-refractivity contribution in [3.8, 4) is 0 Å². The number of alkyl halides is 1. The minimum Gasteiger partial charge on any atom is -0.501 e. The van der Waals surface area contributed by atoms with Crippen LogP contribution in [0.4, 0.5) is 4.39 Å². The van der Waals surface area contributed by atoms with E-state index in [4.69, 9.17) is 10.5 Å². The Labute approximate surface area is 65.2 Å². The van der Waals surface area contributed by atoms with Crippen LogP contribution in [0.2, 0.25) is 0 Å². The van der Waals surface area contributed by atoms with Crippen LogP contribution >= 0.6 is 0 Å². The molecule has 11 heavy (non-hydrogen) atoms. The highest BCUT2D eigenvalue weighted by atomic mass is 19.1. The van der Waals surface area contributed by atoms with Crippen LogP contribution in [0, 0.1) is 0 Å². The molecule has 0 bridgehead atoms. The van der Waals surface area contributed by atoms with E-state index in [0.717, 1.165) is 12.0 Å². The van der Waals surface area contributed by atoms with Gasteiger partial charge in [0, 0.05) is 30.9 Å². The van der Waals surface area contributed by atoms with Crippen molar-refractivity contribution in [1.29, 1.82) is 0 Å². The fourth-order valence-corrected chi connectivity index (χ4v) is 1.75. The molecule has 1 fully saturated rings. The fraction of sp³-hybridized carbons (Fsp3) is 0.750. The largest absolute Gasteiger partial charge is 0.501 e. The van der Waals surface area contributed by atoms with Crippen LogP contribution in [0.3, 0.4) is 0 Å². The summed E-state index contributed by atoms with van der Waals surface area (Å²) in [7, 11) is 0. The summed E-state index contributed by atoms with van der Waals surface area (Å²) in [6, 6.07) is 0.0569. The van der Waals surface area contributed by atoms with Gasteiger partial charge in [0.05, 0.1) is 12.9 Å². The highest BCUT2D eigenvalue weighted by molar-refractivity contribution is 5.23. The van der Waals surface area contributed by atoms with Crippen LogP contribution in [-0.2, 0) is 4.74 Å². The predicted octanol–water partition coefficient (Wildman–Crippen LogP) is 1.12. The molecular weight excluding hydrogens is 145 g/mol. The topological polar surface area (TPSA) is 35.2 Å². The molecule has 2 nitrogen and oxygen atoms in total. The summed E-state index contributed by atoms with van der Waals surface area (Å²) in [6.45, 7) is 0.635. The van der Waals surface area contributed by atoms with Crippen molar-refractivity contribution < 1.29 is 9.13 Å². The molecule has 0 aromatic heterocycles. The first kappa shape index (κ1) is 7.10. The zero-order valence-corrected chi connectivity index (χ0v) is 6.35. The monoisotopic (exact) mass is 157 g/mol. The van der Waals surface area contributed by atoms with Gasteiger partial charge in [-0.25, -0.2) is 4.39 Å². The van der Waals surface area contributed by atoms with Gasteiger partial charge in [0.2, 0.25) is 0 Å². The van der Waals surface area contributed by atoms with Gasteiger partial charge in [0.1, 0.15) is 5.67 Å². The van der Waals surface area contributed by atoms with E-state index in [0.29, 0.717) is 19.4 Å². The van der Waals surface area contributed by atoms with Crippen LogP contribution in [0.1, 0.15) is 19.3 Å². The molecule has 0 spiro atoms. The second-order valence-corrected chi connectivity index (χ2v) is 3.40. The number of nitrogens with two attached hydrogens (primary N) is 1. The summed E-state index contributed by atoms with van der Waals surface area (Å²) in [6.07, 6.45) is 3.25. The predicted molar refractivity (Wildman–Crippen MR) is 39.7 cm³/mol. The first-order valence-electron chi connectivity index (χ1n) is 3.96. The maximum Gasteiger partial charge on any atom is 0.138 e. The lowest BCUT2D eigenvalue weighted by Crippen LogP contribution is -2.49. The second-order valence-electron chi connectivity index (χ2n) is 3.40. The fourth-order valence-electron chi connectivity index (χ4n) is 1.75. The SMILES string of the molecule is NC1CC(F)(C2=COCC2)C1. The minimum absolute atomic E-state index is 0.0569. The molecule has 0 amide bonds. The molecule has 0 atom stereocenters. The number of ether oxygens (including phenoxy) is 1. The standard InChI is InChI=1S/C8H12FNO/c9-8(3-7(10)4-8)6-1-2-11-5-6/h5,7H,1-4,10H2. The highest BCUT2D eigenvalue weighted by Crippen LogP contribution is 2.43. The quantitative estimate of drug-likeness (QED) is 0.619. The van der Waals surface area contributed by atoms with E-state index in [1.165, 1.54) is 0 Å². The Morgan fingerprint density at radius 2 is 2.36 bits per heavy atom. The Kier molecular flexibility index (Phi) is 1.42. The van der Waals surface area contributed by atoms with Gasteiger partial charge in [0.25, 0.3) is 0 Å². The lowest BCUT2D eigenvalue weighted by atomic mass is 9.73. The summed E-state index contributed by atoms with van der Waals surface area (Å²) in [4.78, 5) is 0. The Balaban J connectivity index is 2.04. The first-order valence-corrected chi connectivity index (χ1v) is 3.96. The first-order chi connectivity index (χ1) is 5.21. The van der Waals surface area contributed by atoms with Gasteiger partial charge < -0.3 is 10.5 Å². The van der Waals surface area contributed by atoms with E-state index in [1.807, 2.05) is 0 Å². The molecule has 2 aliphatic rings. The summed E-state index contributed by atoms with van der Waals surface area (Å²) in [5.74, 6) is 0. The molecule has 1 aliphatic heterocycles. The molecule has 1 aliphatic carbocycles. The van der Waals surface area contributed by atoms with Gasteiger partial charge in [-0.05, 0) is 0 Å². The van der Waals surface area contributed by atoms with E-state index in [-0.39, 0.29) is 6.04 Å². The van der Waals surface area contributed by atoms with Gasteiger partial charge in [-0.1, -0.05) is 0 Å². The molecule has 62 valence electrons. The molecule has 3 heteroatoms. The van der Waals surface area contributed by atoms with Crippen molar-refractivity contribution in [3.63, 3.8) is 0 Å². The molecule has 0 aromatic carbocycles. The van der Waals surface area contributed by atoms with Crippen LogP contribution < -0.4 is 5.73 Å². The third kappa shape index (κ3) is 1.03. The third-order valence-electron chi connectivity index (χ3n) is 2.46. The van der Waals surface area contributed by atoms with E-state index in [9.17, 15) is 4.39 Å². The Bertz CT molecular complexity index is 196. The zero-order valence-electron chi connectivity index (χ0n) is 6.35. The molecule has 2 N–H and O–H groups in total. The molecule has 2 rings (SSSR count). The number of hydrogen-bond donors (Lipinski definition) is 1. The third-order valence-corrected chi connectivity index (χ3v) is 2.46. The van der Waals surface area contributed by atoms with Gasteiger partial charge in [-0.2, -0.15) is 0 Å². The molecule has 1 heterocycles. The summed E-state index contributed by atoms with van der Waals surface area (Å²) < 4.78 is 18.6. The maximum absolute atomic E-state index is 13.6. The summed E-state index contributed by atoms with van der Waals surface area (Å²) >= 11 is 0. The molecule has 1 saturated carbocycles. The highest BCUT2D eigenvalue weighted by Gasteiger charge is 2.46. The average molecular weight is 157 g/mol. The lowest BCUT2D eigenvalue weighted by Gasteiger charge is -2.39. The smallest absolute Gasteiger partial charge is 0.138 e. The van der Waals surface area contributed by atoms with Gasteiger partial charge in [-0.15, -0.1) is 0 Å².